The maximum absolute atomic E-state index is 12.9. The Morgan fingerprint density at radius 3 is 2.70 bits per heavy atom. The van der Waals surface area contributed by atoms with Crippen molar-refractivity contribution in [3.63, 3.8) is 0 Å². The highest BCUT2D eigenvalue weighted by atomic mass is 32.2. The number of aryl methyl sites for hydroxylation is 2. The normalized spacial score (nSPS) is 18.9. The maximum Gasteiger partial charge on any atom is 0.262 e. The van der Waals surface area contributed by atoms with Crippen molar-refractivity contribution >= 4 is 39.2 Å². The van der Waals surface area contributed by atoms with E-state index < -0.39 is 0 Å². The largest absolute Gasteiger partial charge is 0.339 e. The Morgan fingerprint density at radius 2 is 2.00 bits per heavy atom. The first kappa shape index (κ1) is 19.0. The number of hydrogen-bond acceptors (Lipinski definition) is 6. The fraction of sp³-hybridized carbons (Fsp3) is 0.632. The Bertz CT molecular complexity index is 928. The van der Waals surface area contributed by atoms with Gasteiger partial charge in [-0.05, 0) is 38.3 Å². The molecule has 0 spiro atoms. The topological polar surface area (TPSA) is 58.4 Å². The molecule has 0 aromatic carbocycles. The van der Waals surface area contributed by atoms with E-state index in [1.807, 2.05) is 11.8 Å². The van der Waals surface area contributed by atoms with Crippen LogP contribution in [0, 0.1) is 0 Å². The summed E-state index contributed by atoms with van der Waals surface area (Å²) in [5.41, 5.74) is 1.23. The Kier molecular flexibility index (Phi) is 5.31. The van der Waals surface area contributed by atoms with Gasteiger partial charge in [0.05, 0.1) is 10.6 Å². The number of nitrogens with zero attached hydrogens (tertiary/aromatic N) is 4. The summed E-state index contributed by atoms with van der Waals surface area (Å²) < 4.78 is 1.62. The van der Waals surface area contributed by atoms with Crippen molar-refractivity contribution < 1.29 is 4.79 Å². The predicted octanol–water partition coefficient (Wildman–Crippen LogP) is 2.13. The van der Waals surface area contributed by atoms with Crippen LogP contribution in [-0.4, -0.2) is 63.2 Å². The molecule has 8 heteroatoms. The van der Waals surface area contributed by atoms with Crippen LogP contribution in [0.2, 0.25) is 0 Å². The minimum atomic E-state index is -0.250. The van der Waals surface area contributed by atoms with Gasteiger partial charge in [0.2, 0.25) is 5.91 Å². The van der Waals surface area contributed by atoms with Gasteiger partial charge in [-0.15, -0.1) is 11.3 Å². The molecule has 0 saturated carbocycles. The van der Waals surface area contributed by atoms with Gasteiger partial charge in [-0.3, -0.25) is 14.2 Å². The van der Waals surface area contributed by atoms with Crippen molar-refractivity contribution in [3.8, 4) is 0 Å². The number of thiophene rings is 1. The number of carbonyl (C=O) groups is 1. The highest BCUT2D eigenvalue weighted by Gasteiger charge is 2.27. The van der Waals surface area contributed by atoms with E-state index in [9.17, 15) is 9.59 Å². The van der Waals surface area contributed by atoms with Gasteiger partial charge < -0.3 is 9.80 Å². The minimum absolute atomic E-state index is 0.0260. The molecule has 2 aliphatic rings. The van der Waals surface area contributed by atoms with Gasteiger partial charge in [0.15, 0.2) is 5.16 Å². The van der Waals surface area contributed by atoms with E-state index in [4.69, 9.17) is 4.98 Å². The zero-order valence-electron chi connectivity index (χ0n) is 16.2. The lowest BCUT2D eigenvalue weighted by atomic mass is 10.2. The number of piperazine rings is 1. The summed E-state index contributed by atoms with van der Waals surface area (Å²) in [7, 11) is 1.77. The van der Waals surface area contributed by atoms with Crippen LogP contribution in [0.3, 0.4) is 0 Å². The highest BCUT2D eigenvalue weighted by Crippen LogP contribution is 2.35. The van der Waals surface area contributed by atoms with Crippen LogP contribution >= 0.6 is 23.1 Å². The lowest BCUT2D eigenvalue weighted by Crippen LogP contribution is -2.50. The van der Waals surface area contributed by atoms with Gasteiger partial charge in [-0.2, -0.15) is 0 Å². The monoisotopic (exact) mass is 406 g/mol. The van der Waals surface area contributed by atoms with Crippen molar-refractivity contribution in [2.45, 2.75) is 43.5 Å². The van der Waals surface area contributed by atoms with E-state index in [0.717, 1.165) is 62.2 Å². The molecular formula is C19H26N4O2S2. The van der Waals surface area contributed by atoms with Crippen molar-refractivity contribution in [3.05, 3.63) is 20.8 Å². The van der Waals surface area contributed by atoms with Gasteiger partial charge >= 0.3 is 0 Å². The van der Waals surface area contributed by atoms with E-state index in [1.54, 1.807) is 23.0 Å². The number of hydrogen-bond donors (Lipinski definition) is 0. The molecule has 0 unspecified atom stereocenters. The Morgan fingerprint density at radius 1 is 1.26 bits per heavy atom. The van der Waals surface area contributed by atoms with Crippen LogP contribution in [0.5, 0.6) is 0 Å². The van der Waals surface area contributed by atoms with Crippen LogP contribution in [0.4, 0.5) is 0 Å². The standard InChI is InChI=1S/C19H26N4O2S2/c1-4-22-8-10-23(11-9-22)17(24)12(2)26-19-20-16-15(18(25)21(19)3)13-6-5-7-14(13)27-16/h12H,4-11H2,1-3H3/t12-/m0/s1. The number of fused-ring (bicyclic) bond motifs is 3. The summed E-state index contributed by atoms with van der Waals surface area (Å²) in [5.74, 6) is 0.138. The molecule has 27 heavy (non-hydrogen) atoms. The third-order valence-corrected chi connectivity index (χ3v) is 7.98. The summed E-state index contributed by atoms with van der Waals surface area (Å²) in [6.07, 6.45) is 3.17. The van der Waals surface area contributed by atoms with Crippen LogP contribution in [0.15, 0.2) is 9.95 Å². The van der Waals surface area contributed by atoms with Gasteiger partial charge in [-0.25, -0.2) is 4.98 Å². The molecule has 0 N–H and O–H groups in total. The first-order valence-corrected chi connectivity index (χ1v) is 11.4. The molecule has 1 amide bonds. The van der Waals surface area contributed by atoms with Gasteiger partial charge in [0, 0.05) is 38.1 Å². The minimum Gasteiger partial charge on any atom is -0.339 e. The molecule has 146 valence electrons. The second kappa shape index (κ2) is 7.56. The lowest BCUT2D eigenvalue weighted by Gasteiger charge is -2.35. The maximum atomic E-state index is 12.9. The van der Waals surface area contributed by atoms with E-state index in [0.29, 0.717) is 5.16 Å². The van der Waals surface area contributed by atoms with Crippen molar-refractivity contribution in [1.82, 2.24) is 19.4 Å². The summed E-state index contributed by atoms with van der Waals surface area (Å²) >= 11 is 3.05. The Balaban J connectivity index is 1.54. The molecule has 2 aromatic heterocycles. The van der Waals surface area contributed by atoms with E-state index >= 15 is 0 Å². The SMILES string of the molecule is CCN1CCN(C(=O)[C@H](C)Sc2nc3sc4c(c3c(=O)n2C)CCC4)CC1. The third kappa shape index (κ3) is 3.43. The number of amides is 1. The second-order valence-corrected chi connectivity index (χ2v) is 9.71. The number of aromatic nitrogens is 2. The first-order valence-electron chi connectivity index (χ1n) is 9.68. The van der Waals surface area contributed by atoms with Crippen LogP contribution < -0.4 is 5.56 Å². The van der Waals surface area contributed by atoms with Crippen molar-refractivity contribution in [2.75, 3.05) is 32.7 Å². The molecule has 1 saturated heterocycles. The van der Waals surface area contributed by atoms with Gasteiger partial charge in [0.1, 0.15) is 4.83 Å². The van der Waals surface area contributed by atoms with Gasteiger partial charge in [0.25, 0.3) is 5.56 Å². The average Bonchev–Trinajstić information content (AvgIpc) is 3.26. The molecule has 2 aromatic rings. The van der Waals surface area contributed by atoms with E-state index in [1.165, 1.54) is 22.2 Å². The average molecular weight is 407 g/mol. The van der Waals surface area contributed by atoms with E-state index in [-0.39, 0.29) is 16.7 Å². The molecular weight excluding hydrogens is 380 g/mol. The third-order valence-electron chi connectivity index (χ3n) is 5.67. The zero-order chi connectivity index (χ0) is 19.1. The molecule has 1 atom stereocenters. The van der Waals surface area contributed by atoms with Crippen LogP contribution in [0.1, 0.15) is 30.7 Å². The quantitative estimate of drug-likeness (QED) is 0.575. The van der Waals surface area contributed by atoms with Crippen molar-refractivity contribution in [1.29, 1.82) is 0 Å². The van der Waals surface area contributed by atoms with Gasteiger partial charge in [-0.1, -0.05) is 18.7 Å². The first-order chi connectivity index (χ1) is 13.0. The number of likely N-dealkylation sites (N-methyl/N-ethyl adjacent to an activating group) is 1. The fourth-order valence-electron chi connectivity index (χ4n) is 3.96. The fourth-order valence-corrected chi connectivity index (χ4v) is 6.22. The molecule has 6 nitrogen and oxygen atoms in total. The molecule has 1 fully saturated rings. The smallest absolute Gasteiger partial charge is 0.262 e. The summed E-state index contributed by atoms with van der Waals surface area (Å²) in [5, 5.41) is 1.19. The number of carbonyl (C=O) groups excluding carboxylic acids is 1. The van der Waals surface area contributed by atoms with Crippen LogP contribution in [-0.2, 0) is 24.7 Å². The molecule has 4 rings (SSSR count). The predicted molar refractivity (Wildman–Crippen MR) is 111 cm³/mol. The molecule has 1 aliphatic carbocycles. The molecule has 3 heterocycles. The molecule has 1 aliphatic heterocycles. The highest BCUT2D eigenvalue weighted by molar-refractivity contribution is 8.00. The summed E-state index contributed by atoms with van der Waals surface area (Å²) in [6.45, 7) is 8.53. The molecule has 0 radical (unpaired) electrons. The lowest BCUT2D eigenvalue weighted by molar-refractivity contribution is -0.132. The van der Waals surface area contributed by atoms with E-state index in [2.05, 4.69) is 11.8 Å². The summed E-state index contributed by atoms with van der Waals surface area (Å²) in [4.78, 5) is 37.0. The number of rotatable bonds is 4. The van der Waals surface area contributed by atoms with Crippen molar-refractivity contribution in [2.24, 2.45) is 7.05 Å². The Labute approximate surface area is 167 Å². The molecule has 0 bridgehead atoms. The number of thioether (sulfide) groups is 1. The zero-order valence-corrected chi connectivity index (χ0v) is 17.8. The second-order valence-electron chi connectivity index (χ2n) is 7.32. The summed E-state index contributed by atoms with van der Waals surface area (Å²) in [6, 6.07) is 0. The van der Waals surface area contributed by atoms with Crippen LogP contribution in [0.25, 0.3) is 10.2 Å². The Hall–Kier alpha value is -1.38.